The van der Waals surface area contributed by atoms with Crippen molar-refractivity contribution in [2.75, 3.05) is 13.1 Å². The number of nitrogens with one attached hydrogen (secondary N) is 1. The third kappa shape index (κ3) is 6.73. The number of carbonyl (C=O) groups excluding carboxylic acids is 2. The van der Waals surface area contributed by atoms with Crippen molar-refractivity contribution < 1.29 is 28.0 Å². The van der Waals surface area contributed by atoms with Crippen molar-refractivity contribution in [1.29, 1.82) is 0 Å². The molecule has 0 aromatic heterocycles. The summed E-state index contributed by atoms with van der Waals surface area (Å²) in [6.07, 6.45) is 0.784. The summed E-state index contributed by atoms with van der Waals surface area (Å²) in [5, 5.41) is 4.57. The molecule has 0 bridgehead atoms. The first-order valence-electron chi connectivity index (χ1n) is 15.1. The van der Waals surface area contributed by atoms with Crippen LogP contribution in [0.2, 0.25) is 0 Å². The van der Waals surface area contributed by atoms with Gasteiger partial charge in [-0.15, -0.1) is 0 Å². The Morgan fingerprint density at radius 1 is 1.00 bits per heavy atom. The third-order valence-electron chi connectivity index (χ3n) is 8.78. The van der Waals surface area contributed by atoms with Crippen molar-refractivity contribution in [2.45, 2.75) is 90.6 Å². The van der Waals surface area contributed by atoms with Gasteiger partial charge in [0.05, 0.1) is 11.2 Å². The minimum absolute atomic E-state index is 0.0204. The number of fused-ring (bicyclic) bond motifs is 1. The van der Waals surface area contributed by atoms with Crippen LogP contribution in [0.25, 0.3) is 10.8 Å². The van der Waals surface area contributed by atoms with E-state index < -0.39 is 30.0 Å². The van der Waals surface area contributed by atoms with Crippen LogP contribution in [0.3, 0.4) is 0 Å². The Labute approximate surface area is 254 Å². The molecule has 43 heavy (non-hydrogen) atoms. The van der Waals surface area contributed by atoms with Crippen LogP contribution in [-0.2, 0) is 20.6 Å². The molecule has 2 amide bonds. The summed E-state index contributed by atoms with van der Waals surface area (Å²) in [6.45, 7) is 14.8. The summed E-state index contributed by atoms with van der Waals surface area (Å²) in [5.74, 6) is -0.325. The highest BCUT2D eigenvalue weighted by Gasteiger charge is 2.51. The molecule has 0 aliphatic carbocycles. The minimum Gasteiger partial charge on any atom is -0.444 e. The van der Waals surface area contributed by atoms with Gasteiger partial charge in [-0.05, 0) is 107 Å². The lowest BCUT2D eigenvalue weighted by molar-refractivity contribution is 0.00578. The van der Waals surface area contributed by atoms with Crippen LogP contribution in [0.4, 0.5) is 9.18 Å². The van der Waals surface area contributed by atoms with Gasteiger partial charge < -0.3 is 24.3 Å². The maximum Gasteiger partial charge on any atom is 0.494 e. The van der Waals surface area contributed by atoms with Crippen molar-refractivity contribution in [3.05, 3.63) is 77.1 Å². The summed E-state index contributed by atoms with van der Waals surface area (Å²) in [5.41, 5.74) is 1.42. The molecule has 2 fully saturated rings. The summed E-state index contributed by atoms with van der Waals surface area (Å²) < 4.78 is 32.7. The van der Waals surface area contributed by atoms with Gasteiger partial charge in [-0.3, -0.25) is 4.79 Å². The van der Waals surface area contributed by atoms with Gasteiger partial charge in [0, 0.05) is 25.2 Å². The van der Waals surface area contributed by atoms with Crippen LogP contribution in [0.1, 0.15) is 88.7 Å². The molecule has 0 radical (unpaired) electrons. The molecule has 0 saturated carbocycles. The number of amides is 2. The number of nitrogens with zero attached hydrogens (tertiary/aromatic N) is 1. The second-order valence-electron chi connectivity index (χ2n) is 13.7. The van der Waals surface area contributed by atoms with Gasteiger partial charge in [-0.25, -0.2) is 9.18 Å². The lowest BCUT2D eigenvalue weighted by Gasteiger charge is -2.33. The average Bonchev–Trinajstić information content (AvgIpc) is 3.17. The molecule has 3 aromatic carbocycles. The predicted molar refractivity (Wildman–Crippen MR) is 167 cm³/mol. The molecule has 0 spiro atoms. The number of halogens is 1. The lowest BCUT2D eigenvalue weighted by atomic mass is 9.78. The zero-order valence-electron chi connectivity index (χ0n) is 26.3. The number of hydrogen-bond donors (Lipinski definition) is 1. The molecule has 0 atom stereocenters. The highest BCUT2D eigenvalue weighted by atomic mass is 19.1. The van der Waals surface area contributed by atoms with Crippen LogP contribution >= 0.6 is 0 Å². The van der Waals surface area contributed by atoms with Crippen molar-refractivity contribution in [3.63, 3.8) is 0 Å². The number of likely N-dealkylation sites (tertiary alicyclic amines) is 1. The van der Waals surface area contributed by atoms with Crippen LogP contribution in [0.5, 0.6) is 0 Å². The summed E-state index contributed by atoms with van der Waals surface area (Å²) >= 11 is 0. The molecule has 0 unspecified atom stereocenters. The smallest absolute Gasteiger partial charge is 0.444 e. The maximum atomic E-state index is 14.9. The first-order chi connectivity index (χ1) is 20.1. The molecule has 2 heterocycles. The van der Waals surface area contributed by atoms with E-state index in [4.69, 9.17) is 14.0 Å². The number of ether oxygens (including phenoxy) is 1. The van der Waals surface area contributed by atoms with Crippen molar-refractivity contribution in [2.24, 2.45) is 0 Å². The number of benzene rings is 3. The van der Waals surface area contributed by atoms with Gasteiger partial charge in [0.1, 0.15) is 11.4 Å². The number of alkyl carbamates (subject to hydrolysis) is 1. The van der Waals surface area contributed by atoms with Gasteiger partial charge in [0.2, 0.25) is 0 Å². The fraction of sp³-hybridized carbons (Fsp3) is 0.471. The van der Waals surface area contributed by atoms with E-state index in [1.54, 1.807) is 26.8 Å². The molecule has 9 heteroatoms. The number of piperidine rings is 1. The average molecular weight is 589 g/mol. The van der Waals surface area contributed by atoms with E-state index in [1.807, 2.05) is 75.1 Å². The second kappa shape index (κ2) is 11.6. The van der Waals surface area contributed by atoms with E-state index in [0.717, 1.165) is 21.8 Å². The van der Waals surface area contributed by atoms with Crippen molar-refractivity contribution in [1.82, 2.24) is 10.2 Å². The zero-order chi connectivity index (χ0) is 31.2. The summed E-state index contributed by atoms with van der Waals surface area (Å²) in [7, 11) is -0.515. The topological polar surface area (TPSA) is 77.1 Å². The Morgan fingerprint density at radius 3 is 2.33 bits per heavy atom. The Kier molecular flexibility index (Phi) is 8.35. The van der Waals surface area contributed by atoms with E-state index >= 15 is 0 Å². The van der Waals surface area contributed by atoms with Gasteiger partial charge in [0.15, 0.2) is 0 Å². The molecule has 228 valence electrons. The zero-order valence-corrected chi connectivity index (χ0v) is 26.3. The summed E-state index contributed by atoms with van der Waals surface area (Å²) in [6, 6.07) is 16.7. The Bertz CT molecular complexity index is 1510. The number of rotatable bonds is 5. The molecular weight excluding hydrogens is 546 g/mol. The van der Waals surface area contributed by atoms with E-state index in [1.165, 1.54) is 6.07 Å². The number of hydrogen-bond acceptors (Lipinski definition) is 5. The van der Waals surface area contributed by atoms with Crippen molar-refractivity contribution >= 4 is 35.4 Å². The van der Waals surface area contributed by atoms with Gasteiger partial charge in [-0.2, -0.15) is 0 Å². The first kappa shape index (κ1) is 31.0. The summed E-state index contributed by atoms with van der Waals surface area (Å²) in [4.78, 5) is 27.7. The highest BCUT2D eigenvalue weighted by Crippen LogP contribution is 2.37. The molecule has 1 N–H and O–H groups in total. The molecule has 2 aliphatic rings. The molecule has 2 saturated heterocycles. The van der Waals surface area contributed by atoms with Crippen molar-refractivity contribution in [3.8, 4) is 0 Å². The lowest BCUT2D eigenvalue weighted by Crippen LogP contribution is -2.41. The van der Waals surface area contributed by atoms with Crippen LogP contribution in [0.15, 0.2) is 54.6 Å². The third-order valence-corrected chi connectivity index (χ3v) is 8.78. The van der Waals surface area contributed by atoms with Gasteiger partial charge >= 0.3 is 13.2 Å². The van der Waals surface area contributed by atoms with Crippen LogP contribution < -0.4 is 10.8 Å². The predicted octanol–water partition coefficient (Wildman–Crippen LogP) is 6.32. The van der Waals surface area contributed by atoms with Gasteiger partial charge in [-0.1, -0.05) is 42.5 Å². The molecule has 7 nitrogen and oxygen atoms in total. The second-order valence-corrected chi connectivity index (χ2v) is 13.7. The Balaban J connectivity index is 1.27. The SMILES string of the molecule is CC(C)(C)OC(=O)NCc1ccc(F)c(C2CCN(C(=O)c3cccc4ccc(B5OC(C)(C)C(C)(C)O5)cc34)CC2)c1. The van der Waals surface area contributed by atoms with E-state index in [9.17, 15) is 14.0 Å². The first-order valence-corrected chi connectivity index (χ1v) is 15.1. The van der Waals surface area contributed by atoms with E-state index in [0.29, 0.717) is 37.1 Å². The normalized spacial score (nSPS) is 18.6. The fourth-order valence-corrected chi connectivity index (χ4v) is 5.67. The van der Waals surface area contributed by atoms with Gasteiger partial charge in [0.25, 0.3) is 5.91 Å². The largest absolute Gasteiger partial charge is 0.494 e. The van der Waals surface area contributed by atoms with E-state index in [2.05, 4.69) is 5.32 Å². The quantitative estimate of drug-likeness (QED) is 0.353. The molecule has 2 aliphatic heterocycles. The Hall–Kier alpha value is -3.43. The fourth-order valence-electron chi connectivity index (χ4n) is 5.67. The monoisotopic (exact) mass is 588 g/mol. The standard InChI is InChI=1S/C34H42BFN2O5/c1-32(2,3)41-31(40)37-21-22-11-14-29(36)28(19-22)24-15-17-38(18-16-24)30(39)26-10-8-9-23-12-13-25(20-27(23)26)35-42-33(4,5)34(6,7)43-35/h8-14,19-20,24H,15-18,21H2,1-7H3,(H,37,40). The minimum atomic E-state index is -0.592. The molecule has 3 aromatic rings. The van der Waals surface area contributed by atoms with Crippen LogP contribution in [0, 0.1) is 5.82 Å². The van der Waals surface area contributed by atoms with E-state index in [-0.39, 0.29) is 24.2 Å². The molecular formula is C34H42BFN2O5. The maximum absolute atomic E-state index is 14.9. The van der Waals surface area contributed by atoms with Crippen LogP contribution in [-0.4, -0.2) is 53.9 Å². The Morgan fingerprint density at radius 2 is 1.67 bits per heavy atom. The number of carbonyl (C=O) groups is 2. The highest BCUT2D eigenvalue weighted by molar-refractivity contribution is 6.62. The molecule has 5 rings (SSSR count).